The van der Waals surface area contributed by atoms with Crippen molar-refractivity contribution in [2.75, 3.05) is 0 Å². The monoisotopic (exact) mass is 356 g/mol. The number of fused-ring (bicyclic) bond motifs is 1. The minimum atomic E-state index is -1.02. The molecule has 1 heterocycles. The second kappa shape index (κ2) is 6.80. The Kier molecular flexibility index (Phi) is 4.18. The second-order valence-corrected chi connectivity index (χ2v) is 5.99. The van der Waals surface area contributed by atoms with Crippen LogP contribution in [0.5, 0.6) is 5.75 Å². The predicted molar refractivity (Wildman–Crippen MR) is 99.7 cm³/mol. The summed E-state index contributed by atoms with van der Waals surface area (Å²) in [5.41, 5.74) is 2.04. The molecule has 0 bridgehead atoms. The van der Waals surface area contributed by atoms with Crippen LogP contribution in [0.2, 0.25) is 0 Å². The van der Waals surface area contributed by atoms with Crippen LogP contribution in [0.1, 0.15) is 10.4 Å². The lowest BCUT2D eigenvalue weighted by atomic mass is 10.1. The summed E-state index contributed by atoms with van der Waals surface area (Å²) in [4.78, 5) is 15.8. The largest absolute Gasteiger partial charge is 0.872 e. The fraction of sp³-hybridized carbons (Fsp3) is 0. The first-order valence-electron chi connectivity index (χ1n) is 8.28. The molecule has 0 radical (unpaired) electrons. The van der Waals surface area contributed by atoms with Gasteiger partial charge in [-0.25, -0.2) is 9.79 Å². The minimum Gasteiger partial charge on any atom is -0.872 e. The van der Waals surface area contributed by atoms with E-state index in [2.05, 4.69) is 4.99 Å². The van der Waals surface area contributed by atoms with Gasteiger partial charge in [0.1, 0.15) is 11.3 Å². The number of carboxylic acid groups (broad SMARTS) is 1. The number of nitrogens with zero attached hydrogens (tertiary/aromatic N) is 1. The molecule has 0 saturated heterocycles. The Morgan fingerprint density at radius 1 is 0.926 bits per heavy atom. The summed E-state index contributed by atoms with van der Waals surface area (Å²) in [5, 5.41) is 22.1. The molecule has 0 spiro atoms. The van der Waals surface area contributed by atoms with Crippen LogP contribution in [0.25, 0.3) is 22.3 Å². The molecular weight excluding hydrogens is 342 g/mol. The predicted octanol–water partition coefficient (Wildman–Crippen LogP) is 4.10. The third-order valence-corrected chi connectivity index (χ3v) is 4.12. The highest BCUT2D eigenvalue weighted by Gasteiger charge is 2.07. The molecule has 5 heteroatoms. The van der Waals surface area contributed by atoms with E-state index in [9.17, 15) is 15.0 Å². The number of carboxylic acids is 1. The summed E-state index contributed by atoms with van der Waals surface area (Å²) in [6.07, 6.45) is 0. The lowest BCUT2D eigenvalue weighted by Crippen LogP contribution is -2.04. The van der Waals surface area contributed by atoms with E-state index in [1.54, 1.807) is 24.3 Å². The van der Waals surface area contributed by atoms with Gasteiger partial charge in [0.05, 0.1) is 16.6 Å². The highest BCUT2D eigenvalue weighted by atomic mass is 16.4. The average molecular weight is 356 g/mol. The van der Waals surface area contributed by atoms with Gasteiger partial charge in [0.25, 0.3) is 0 Å². The Morgan fingerprint density at radius 3 is 2.52 bits per heavy atom. The molecule has 0 amide bonds. The number of hydrogen-bond acceptors (Lipinski definition) is 4. The third kappa shape index (κ3) is 3.43. The van der Waals surface area contributed by atoms with Gasteiger partial charge in [-0.3, -0.25) is 0 Å². The van der Waals surface area contributed by atoms with Crippen molar-refractivity contribution in [2.45, 2.75) is 0 Å². The van der Waals surface area contributed by atoms with Crippen LogP contribution < -0.4 is 10.5 Å². The zero-order valence-corrected chi connectivity index (χ0v) is 14.1. The highest BCUT2D eigenvalue weighted by molar-refractivity contribution is 5.88. The van der Waals surface area contributed by atoms with E-state index >= 15 is 0 Å². The van der Waals surface area contributed by atoms with E-state index in [0.29, 0.717) is 27.8 Å². The van der Waals surface area contributed by atoms with E-state index in [-0.39, 0.29) is 11.3 Å². The molecule has 1 N–H and O–H groups in total. The molecule has 0 aliphatic rings. The third-order valence-electron chi connectivity index (χ3n) is 4.12. The number of hydrogen-bond donors (Lipinski definition) is 1. The fourth-order valence-corrected chi connectivity index (χ4v) is 2.83. The van der Waals surface area contributed by atoms with Gasteiger partial charge in [-0.1, -0.05) is 48.5 Å². The number of rotatable bonds is 3. The maximum atomic E-state index is 11.8. The van der Waals surface area contributed by atoms with Crippen LogP contribution in [-0.2, 0) is 0 Å². The van der Waals surface area contributed by atoms with Gasteiger partial charge in [0.2, 0.25) is 0 Å². The van der Waals surface area contributed by atoms with E-state index in [1.165, 1.54) is 24.3 Å². The Bertz CT molecular complexity index is 1210. The standard InChI is InChI=1S/C22H15NO4/c24-17-9-10-20-18(12-17)19(13-21(27-20)14-5-2-1-3-6-14)23-16-8-4-7-15(11-16)22(25)26/h1-13,24H,(H,25,26)/p-1. The van der Waals surface area contributed by atoms with Crippen LogP contribution in [0.15, 0.2) is 88.3 Å². The van der Waals surface area contributed by atoms with Gasteiger partial charge in [-0.2, -0.15) is 0 Å². The van der Waals surface area contributed by atoms with E-state index in [4.69, 9.17) is 4.42 Å². The van der Waals surface area contributed by atoms with Gasteiger partial charge in [0, 0.05) is 17.0 Å². The van der Waals surface area contributed by atoms with Crippen molar-refractivity contribution < 1.29 is 19.4 Å². The minimum absolute atomic E-state index is 0.147. The average Bonchev–Trinajstić information content (AvgIpc) is 2.69. The summed E-state index contributed by atoms with van der Waals surface area (Å²) in [5.74, 6) is -0.567. The maximum Gasteiger partial charge on any atom is 0.335 e. The van der Waals surface area contributed by atoms with E-state index < -0.39 is 5.97 Å². The van der Waals surface area contributed by atoms with Gasteiger partial charge in [-0.15, -0.1) is 5.75 Å². The van der Waals surface area contributed by atoms with Crippen molar-refractivity contribution in [2.24, 2.45) is 4.99 Å². The summed E-state index contributed by atoms with van der Waals surface area (Å²) >= 11 is 0. The number of aromatic carboxylic acids is 1. The summed E-state index contributed by atoms with van der Waals surface area (Å²) in [6, 6.07) is 22.2. The van der Waals surface area contributed by atoms with E-state index in [1.807, 2.05) is 30.3 Å². The van der Waals surface area contributed by atoms with Crippen molar-refractivity contribution in [3.05, 3.63) is 89.8 Å². The van der Waals surface area contributed by atoms with E-state index in [0.717, 1.165) is 5.56 Å². The SMILES string of the molecule is O=C(O)c1cccc(N=c2cc(-c3ccccc3)oc3ccc([O-])cc23)c1. The topological polar surface area (TPSA) is 85.9 Å². The lowest BCUT2D eigenvalue weighted by molar-refractivity contribution is -0.268. The second-order valence-electron chi connectivity index (χ2n) is 5.99. The van der Waals surface area contributed by atoms with Crippen molar-refractivity contribution >= 4 is 22.6 Å². The molecule has 0 aliphatic carbocycles. The zero-order valence-electron chi connectivity index (χ0n) is 14.1. The van der Waals surface area contributed by atoms with Crippen LogP contribution >= 0.6 is 0 Å². The van der Waals surface area contributed by atoms with Crippen molar-refractivity contribution in [1.29, 1.82) is 0 Å². The van der Waals surface area contributed by atoms with Gasteiger partial charge < -0.3 is 14.6 Å². The van der Waals surface area contributed by atoms with Gasteiger partial charge >= 0.3 is 5.97 Å². The quantitative estimate of drug-likeness (QED) is 0.599. The van der Waals surface area contributed by atoms with Crippen LogP contribution in [-0.4, -0.2) is 11.1 Å². The summed E-state index contributed by atoms with van der Waals surface area (Å²) < 4.78 is 5.95. The molecule has 27 heavy (non-hydrogen) atoms. The molecular formula is C22H14NO4-. The maximum absolute atomic E-state index is 11.8. The molecule has 0 atom stereocenters. The first kappa shape index (κ1) is 16.6. The van der Waals surface area contributed by atoms with Crippen molar-refractivity contribution in [3.8, 4) is 17.1 Å². The van der Waals surface area contributed by atoms with Crippen molar-refractivity contribution in [3.63, 3.8) is 0 Å². The van der Waals surface area contributed by atoms with Gasteiger partial charge in [0.15, 0.2) is 0 Å². The molecule has 132 valence electrons. The zero-order chi connectivity index (χ0) is 18.8. The molecule has 0 aliphatic heterocycles. The first-order chi connectivity index (χ1) is 13.1. The molecule has 0 unspecified atom stereocenters. The summed E-state index contributed by atoms with van der Waals surface area (Å²) in [6.45, 7) is 0. The Morgan fingerprint density at radius 2 is 1.74 bits per heavy atom. The Balaban J connectivity index is 1.99. The van der Waals surface area contributed by atoms with Crippen molar-refractivity contribution in [1.82, 2.24) is 0 Å². The smallest absolute Gasteiger partial charge is 0.335 e. The van der Waals surface area contributed by atoms with Gasteiger partial charge in [-0.05, 0) is 24.3 Å². The number of benzene rings is 3. The number of carbonyl (C=O) groups is 1. The Hall–Kier alpha value is -3.86. The molecule has 0 saturated carbocycles. The molecule has 3 aromatic carbocycles. The molecule has 0 fully saturated rings. The first-order valence-corrected chi connectivity index (χ1v) is 8.28. The van der Waals surface area contributed by atoms with Crippen LogP contribution in [0, 0.1) is 0 Å². The molecule has 4 rings (SSSR count). The molecule has 5 nitrogen and oxygen atoms in total. The summed E-state index contributed by atoms with van der Waals surface area (Å²) in [7, 11) is 0. The Labute approximate surface area is 154 Å². The molecule has 4 aromatic rings. The normalized spacial score (nSPS) is 11.6. The van der Waals surface area contributed by atoms with Crippen LogP contribution in [0.4, 0.5) is 5.69 Å². The van der Waals surface area contributed by atoms with Crippen LogP contribution in [0.3, 0.4) is 0 Å². The molecule has 1 aromatic heterocycles. The highest BCUT2D eigenvalue weighted by Crippen LogP contribution is 2.24. The lowest BCUT2D eigenvalue weighted by Gasteiger charge is -2.09. The fourth-order valence-electron chi connectivity index (χ4n) is 2.83.